The molecule has 0 radical (unpaired) electrons. The molecule has 0 unspecified atom stereocenters. The Kier molecular flexibility index (Phi) is 7.47. The van der Waals surface area contributed by atoms with Gasteiger partial charge in [-0.2, -0.15) is 4.31 Å². The normalized spacial score (nSPS) is 15.7. The summed E-state index contributed by atoms with van der Waals surface area (Å²) in [5.41, 5.74) is 1.55. The lowest BCUT2D eigenvalue weighted by atomic mass is 10.2. The molecule has 8 heteroatoms. The lowest BCUT2D eigenvalue weighted by molar-refractivity contribution is 0.0941. The predicted octanol–water partition coefficient (Wildman–Crippen LogP) is 2.13. The number of benzene rings is 2. The zero-order valence-electron chi connectivity index (χ0n) is 17.5. The smallest absolute Gasteiger partial charge is 0.255 e. The van der Waals surface area contributed by atoms with Crippen LogP contribution < -0.4 is 10.1 Å². The summed E-state index contributed by atoms with van der Waals surface area (Å²) in [6.07, 6.45) is 0. The lowest BCUT2D eigenvalue weighted by Crippen LogP contribution is -2.50. The van der Waals surface area contributed by atoms with Crippen molar-refractivity contribution in [2.24, 2.45) is 0 Å². The van der Waals surface area contributed by atoms with Gasteiger partial charge in [-0.15, -0.1) is 0 Å². The molecular formula is C22H29N3O4S. The van der Waals surface area contributed by atoms with E-state index in [2.05, 4.69) is 10.2 Å². The summed E-state index contributed by atoms with van der Waals surface area (Å²) in [5, 5.41) is 2.93. The van der Waals surface area contributed by atoms with Gasteiger partial charge in [0.2, 0.25) is 10.0 Å². The number of piperazine rings is 1. The summed E-state index contributed by atoms with van der Waals surface area (Å²) in [5.74, 6) is 0.409. The Morgan fingerprint density at radius 1 is 1.03 bits per heavy atom. The molecule has 162 valence electrons. The summed E-state index contributed by atoms with van der Waals surface area (Å²) in [4.78, 5) is 14.9. The van der Waals surface area contributed by atoms with Gasteiger partial charge in [-0.25, -0.2) is 8.42 Å². The third kappa shape index (κ3) is 5.38. The van der Waals surface area contributed by atoms with Crippen molar-refractivity contribution in [2.75, 3.05) is 45.9 Å². The highest BCUT2D eigenvalue weighted by molar-refractivity contribution is 7.89. The second-order valence-electron chi connectivity index (χ2n) is 7.24. The average molecular weight is 432 g/mol. The van der Waals surface area contributed by atoms with Crippen molar-refractivity contribution in [3.05, 3.63) is 59.7 Å². The molecular weight excluding hydrogens is 402 g/mol. The fourth-order valence-electron chi connectivity index (χ4n) is 3.41. The van der Waals surface area contributed by atoms with E-state index in [1.807, 2.05) is 38.1 Å². The van der Waals surface area contributed by atoms with Crippen molar-refractivity contribution in [1.29, 1.82) is 0 Å². The van der Waals surface area contributed by atoms with E-state index in [9.17, 15) is 13.2 Å². The van der Waals surface area contributed by atoms with Crippen molar-refractivity contribution < 1.29 is 17.9 Å². The topological polar surface area (TPSA) is 79.0 Å². The van der Waals surface area contributed by atoms with E-state index in [0.29, 0.717) is 62.1 Å². The zero-order valence-corrected chi connectivity index (χ0v) is 18.3. The van der Waals surface area contributed by atoms with Crippen LogP contribution in [0.4, 0.5) is 0 Å². The fourth-order valence-corrected chi connectivity index (χ4v) is 4.83. The van der Waals surface area contributed by atoms with Gasteiger partial charge in [0.05, 0.1) is 17.1 Å². The number of hydrogen-bond acceptors (Lipinski definition) is 5. The van der Waals surface area contributed by atoms with Gasteiger partial charge in [0, 0.05) is 39.3 Å². The molecule has 2 aromatic carbocycles. The third-order valence-corrected chi connectivity index (χ3v) is 7.05. The van der Waals surface area contributed by atoms with Crippen LogP contribution in [0.1, 0.15) is 22.8 Å². The van der Waals surface area contributed by atoms with E-state index < -0.39 is 10.0 Å². The van der Waals surface area contributed by atoms with Crippen molar-refractivity contribution >= 4 is 15.9 Å². The molecule has 1 N–H and O–H groups in total. The van der Waals surface area contributed by atoms with Crippen LogP contribution in [0.25, 0.3) is 0 Å². The number of carbonyl (C=O) groups is 1. The lowest BCUT2D eigenvalue weighted by Gasteiger charge is -2.34. The van der Waals surface area contributed by atoms with Crippen LogP contribution >= 0.6 is 0 Å². The molecule has 0 bridgehead atoms. The van der Waals surface area contributed by atoms with Crippen LogP contribution in [0.3, 0.4) is 0 Å². The molecule has 0 atom stereocenters. The number of carbonyl (C=O) groups excluding carboxylic acids is 1. The predicted molar refractivity (Wildman–Crippen MR) is 116 cm³/mol. The van der Waals surface area contributed by atoms with E-state index >= 15 is 0 Å². The second kappa shape index (κ2) is 10.1. The molecule has 1 fully saturated rings. The van der Waals surface area contributed by atoms with Crippen molar-refractivity contribution in [2.45, 2.75) is 18.7 Å². The van der Waals surface area contributed by atoms with Crippen LogP contribution in [-0.2, 0) is 10.0 Å². The summed E-state index contributed by atoms with van der Waals surface area (Å²) >= 11 is 0. The maximum atomic E-state index is 12.8. The summed E-state index contributed by atoms with van der Waals surface area (Å²) in [6, 6.07) is 14.1. The van der Waals surface area contributed by atoms with E-state index in [-0.39, 0.29) is 5.91 Å². The van der Waals surface area contributed by atoms with E-state index in [4.69, 9.17) is 4.74 Å². The average Bonchev–Trinajstić information content (AvgIpc) is 2.75. The quantitative estimate of drug-likeness (QED) is 0.693. The second-order valence-corrected chi connectivity index (χ2v) is 9.18. The number of ether oxygens (including phenoxy) is 1. The number of rotatable bonds is 8. The van der Waals surface area contributed by atoms with Gasteiger partial charge in [0.15, 0.2) is 0 Å². The molecule has 3 rings (SSSR count). The maximum Gasteiger partial charge on any atom is 0.255 e. The van der Waals surface area contributed by atoms with Gasteiger partial charge < -0.3 is 10.1 Å². The number of amides is 1. The van der Waals surface area contributed by atoms with E-state index in [1.54, 1.807) is 24.3 Å². The Morgan fingerprint density at radius 3 is 2.37 bits per heavy atom. The van der Waals surface area contributed by atoms with Crippen molar-refractivity contribution in [3.63, 3.8) is 0 Å². The maximum absolute atomic E-state index is 12.8. The highest BCUT2D eigenvalue weighted by Gasteiger charge is 2.28. The van der Waals surface area contributed by atoms with Crippen LogP contribution in [0.15, 0.2) is 53.4 Å². The first kappa shape index (κ1) is 22.3. The molecule has 0 aromatic heterocycles. The minimum absolute atomic E-state index is 0.167. The van der Waals surface area contributed by atoms with Crippen LogP contribution in [-0.4, -0.2) is 69.4 Å². The molecule has 1 aliphatic rings. The Balaban J connectivity index is 1.47. The van der Waals surface area contributed by atoms with E-state index in [0.717, 1.165) is 5.56 Å². The van der Waals surface area contributed by atoms with E-state index in [1.165, 1.54) is 4.31 Å². The highest BCUT2D eigenvalue weighted by Crippen LogP contribution is 2.19. The van der Waals surface area contributed by atoms with Gasteiger partial charge in [-0.05, 0) is 38.1 Å². The van der Waals surface area contributed by atoms with Crippen molar-refractivity contribution in [1.82, 2.24) is 14.5 Å². The standard InChI is InChI=1S/C22H29N3O4S/c1-3-29-21-7-5-4-6-20(21)22(26)23-12-13-24-14-16-25(17-15-24)30(27,28)19-10-8-18(2)9-11-19/h4-11H,3,12-17H2,1-2H3,(H,23,26). The number of nitrogens with one attached hydrogen (secondary N) is 1. The molecule has 0 aliphatic carbocycles. The third-order valence-electron chi connectivity index (χ3n) is 5.14. The fraction of sp³-hybridized carbons (Fsp3) is 0.409. The van der Waals surface area contributed by atoms with Gasteiger partial charge in [-0.1, -0.05) is 29.8 Å². The molecule has 1 amide bonds. The molecule has 1 heterocycles. The summed E-state index contributed by atoms with van der Waals surface area (Å²) in [6.45, 7) is 7.63. The Bertz CT molecular complexity index is 953. The summed E-state index contributed by atoms with van der Waals surface area (Å²) in [7, 11) is -3.46. The number of hydrogen-bond donors (Lipinski definition) is 1. The highest BCUT2D eigenvalue weighted by atomic mass is 32.2. The summed E-state index contributed by atoms with van der Waals surface area (Å²) < 4.78 is 32.6. The first-order valence-electron chi connectivity index (χ1n) is 10.2. The first-order valence-corrected chi connectivity index (χ1v) is 11.6. The van der Waals surface area contributed by atoms with Crippen LogP contribution in [0, 0.1) is 6.92 Å². The zero-order chi connectivity index (χ0) is 21.6. The Hall–Kier alpha value is -2.42. The van der Waals surface area contributed by atoms with Crippen molar-refractivity contribution in [3.8, 4) is 5.75 Å². The first-order chi connectivity index (χ1) is 14.4. The minimum Gasteiger partial charge on any atom is -0.493 e. The van der Waals surface area contributed by atoms with Crippen LogP contribution in [0.5, 0.6) is 5.75 Å². The number of aryl methyl sites for hydroxylation is 1. The molecule has 2 aromatic rings. The Morgan fingerprint density at radius 2 is 1.70 bits per heavy atom. The minimum atomic E-state index is -3.46. The van der Waals surface area contributed by atoms with Gasteiger partial charge in [0.1, 0.15) is 5.75 Å². The van der Waals surface area contributed by atoms with Gasteiger partial charge >= 0.3 is 0 Å². The molecule has 1 aliphatic heterocycles. The molecule has 0 spiro atoms. The monoisotopic (exact) mass is 431 g/mol. The largest absolute Gasteiger partial charge is 0.493 e. The molecule has 7 nitrogen and oxygen atoms in total. The number of sulfonamides is 1. The van der Waals surface area contributed by atoms with Crippen LogP contribution in [0.2, 0.25) is 0 Å². The van der Waals surface area contributed by atoms with Gasteiger partial charge in [0.25, 0.3) is 5.91 Å². The molecule has 0 saturated carbocycles. The van der Waals surface area contributed by atoms with Gasteiger partial charge in [-0.3, -0.25) is 9.69 Å². The Labute approximate surface area is 178 Å². The molecule has 1 saturated heterocycles. The molecule has 30 heavy (non-hydrogen) atoms. The SMILES string of the molecule is CCOc1ccccc1C(=O)NCCN1CCN(S(=O)(=O)c2ccc(C)cc2)CC1. The number of nitrogens with zero attached hydrogens (tertiary/aromatic N) is 2. The number of para-hydroxylation sites is 1.